The Balaban J connectivity index is 1.75. The average Bonchev–Trinajstić information content (AvgIpc) is 3.06. The Morgan fingerprint density at radius 1 is 1.62 bits per heavy atom. The van der Waals surface area contributed by atoms with Gasteiger partial charge in [0.05, 0.1) is 12.4 Å². The van der Waals surface area contributed by atoms with Gasteiger partial charge in [-0.05, 0) is 47.7 Å². The van der Waals surface area contributed by atoms with Crippen LogP contribution in [0.2, 0.25) is 0 Å². The molecule has 8 heteroatoms. The van der Waals surface area contributed by atoms with Crippen molar-refractivity contribution >= 4 is 45.0 Å². The molecule has 5 nitrogen and oxygen atoms in total. The minimum absolute atomic E-state index is 0.233. The maximum absolute atomic E-state index is 11.4. The van der Waals surface area contributed by atoms with Gasteiger partial charge in [0.25, 0.3) is 0 Å². The monoisotopic (exact) mass is 387 g/mol. The van der Waals surface area contributed by atoms with Crippen LogP contribution in [0, 0.1) is 0 Å². The molecule has 1 fully saturated rings. The highest BCUT2D eigenvalue weighted by atomic mass is 79.9. The zero-order chi connectivity index (χ0) is 14.8. The highest BCUT2D eigenvalue weighted by molar-refractivity contribution is 9.10. The van der Waals surface area contributed by atoms with Crippen molar-refractivity contribution in [1.29, 1.82) is 0 Å². The number of halogens is 1. The fourth-order valence-corrected chi connectivity index (χ4v) is 4.82. The summed E-state index contributed by atoms with van der Waals surface area (Å²) in [5.74, 6) is 0.711. The number of thioether (sulfide) groups is 1. The molecule has 1 saturated carbocycles. The molecule has 0 spiro atoms. The normalized spacial score (nSPS) is 14.4. The highest BCUT2D eigenvalue weighted by Gasteiger charge is 2.28. The van der Waals surface area contributed by atoms with Crippen molar-refractivity contribution in [3.05, 3.63) is 21.7 Å². The largest absolute Gasteiger partial charge is 0.465 e. The Hall–Kier alpha value is -0.860. The van der Waals surface area contributed by atoms with E-state index in [4.69, 9.17) is 4.74 Å². The van der Waals surface area contributed by atoms with Crippen molar-refractivity contribution in [3.8, 4) is 5.00 Å². The molecule has 0 aliphatic heterocycles. The Morgan fingerprint density at radius 2 is 2.43 bits per heavy atom. The van der Waals surface area contributed by atoms with E-state index in [1.165, 1.54) is 29.5 Å². The van der Waals surface area contributed by atoms with Crippen molar-refractivity contribution in [2.24, 2.45) is 0 Å². The first-order valence-corrected chi connectivity index (χ1v) is 9.26. The van der Waals surface area contributed by atoms with E-state index in [1.54, 1.807) is 24.6 Å². The van der Waals surface area contributed by atoms with Crippen molar-refractivity contribution in [1.82, 2.24) is 14.8 Å². The van der Waals surface area contributed by atoms with Crippen molar-refractivity contribution in [2.75, 3.05) is 12.4 Å². The third-order valence-corrected chi connectivity index (χ3v) is 6.16. The summed E-state index contributed by atoms with van der Waals surface area (Å²) in [5.41, 5.74) is 0. The molecular weight excluding hydrogens is 374 g/mol. The lowest BCUT2D eigenvalue weighted by Gasteiger charge is -2.03. The Morgan fingerprint density at radius 3 is 3.14 bits per heavy atom. The average molecular weight is 388 g/mol. The lowest BCUT2D eigenvalue weighted by molar-refractivity contribution is -0.139. The minimum Gasteiger partial charge on any atom is -0.465 e. The van der Waals surface area contributed by atoms with E-state index in [2.05, 4.69) is 32.2 Å². The number of carbonyl (C=O) groups excluding carboxylic acids is 1. The summed E-state index contributed by atoms with van der Waals surface area (Å²) in [6.45, 7) is 2.20. The molecule has 2 aromatic rings. The van der Waals surface area contributed by atoms with Gasteiger partial charge in [0, 0.05) is 9.35 Å². The SMILES string of the molecule is CCOC(=O)CSc1nncn1-c1cc(Br)c(C2CC2)s1. The van der Waals surface area contributed by atoms with Crippen LogP contribution < -0.4 is 0 Å². The highest BCUT2D eigenvalue weighted by Crippen LogP contribution is 2.48. The van der Waals surface area contributed by atoms with Crippen LogP contribution in [0.15, 0.2) is 22.0 Å². The van der Waals surface area contributed by atoms with E-state index < -0.39 is 0 Å². The van der Waals surface area contributed by atoms with Gasteiger partial charge in [-0.3, -0.25) is 9.36 Å². The standard InChI is InChI=1S/C13H14BrN3O2S2/c1-2-19-11(18)6-20-13-16-15-7-17(13)10-5-9(14)12(21-10)8-3-4-8/h5,7-8H,2-4,6H2,1H3. The smallest absolute Gasteiger partial charge is 0.316 e. The van der Waals surface area contributed by atoms with Gasteiger partial charge >= 0.3 is 5.97 Å². The second-order valence-corrected chi connectivity index (χ2v) is 7.51. The second-order valence-electron chi connectivity index (χ2n) is 4.65. The number of ether oxygens (including phenoxy) is 1. The molecule has 3 rings (SSSR count). The lowest BCUT2D eigenvalue weighted by Crippen LogP contribution is -2.07. The third-order valence-electron chi connectivity index (χ3n) is 3.03. The van der Waals surface area contributed by atoms with Crippen LogP contribution >= 0.6 is 39.0 Å². The Bertz CT molecular complexity index is 652. The van der Waals surface area contributed by atoms with Gasteiger partial charge in [0.1, 0.15) is 11.3 Å². The summed E-state index contributed by atoms with van der Waals surface area (Å²) < 4.78 is 8.00. The number of aromatic nitrogens is 3. The quantitative estimate of drug-likeness (QED) is 0.559. The van der Waals surface area contributed by atoms with Crippen LogP contribution in [-0.2, 0) is 9.53 Å². The molecule has 1 aliphatic carbocycles. The third kappa shape index (κ3) is 3.49. The molecule has 1 aliphatic rings. The van der Waals surface area contributed by atoms with Gasteiger partial charge in [-0.1, -0.05) is 11.8 Å². The number of hydrogen-bond donors (Lipinski definition) is 0. The van der Waals surface area contributed by atoms with Crippen molar-refractivity contribution in [3.63, 3.8) is 0 Å². The molecule has 0 unspecified atom stereocenters. The second kappa shape index (κ2) is 6.50. The van der Waals surface area contributed by atoms with Crippen LogP contribution in [-0.4, -0.2) is 33.1 Å². The summed E-state index contributed by atoms with van der Waals surface area (Å²) in [5, 5.41) is 9.81. The molecule has 0 atom stereocenters. The number of rotatable bonds is 6. The topological polar surface area (TPSA) is 57.0 Å². The van der Waals surface area contributed by atoms with E-state index in [1.807, 2.05) is 4.57 Å². The number of thiophene rings is 1. The molecule has 2 aromatic heterocycles. The van der Waals surface area contributed by atoms with Crippen LogP contribution in [0.25, 0.3) is 5.00 Å². The first-order chi connectivity index (χ1) is 10.2. The van der Waals surface area contributed by atoms with Crippen molar-refractivity contribution in [2.45, 2.75) is 30.8 Å². The Kier molecular flexibility index (Phi) is 4.66. The van der Waals surface area contributed by atoms with Gasteiger partial charge in [0.2, 0.25) is 0 Å². The van der Waals surface area contributed by atoms with Gasteiger partial charge in [-0.15, -0.1) is 21.5 Å². The van der Waals surface area contributed by atoms with Gasteiger partial charge in [-0.25, -0.2) is 0 Å². The molecule has 21 heavy (non-hydrogen) atoms. The Labute approximate surface area is 139 Å². The molecule has 2 heterocycles. The summed E-state index contributed by atoms with van der Waals surface area (Å²) in [6, 6.07) is 2.09. The summed E-state index contributed by atoms with van der Waals surface area (Å²) in [7, 11) is 0. The predicted octanol–water partition coefficient (Wildman–Crippen LogP) is 3.62. The lowest BCUT2D eigenvalue weighted by atomic mass is 10.3. The van der Waals surface area contributed by atoms with Crippen LogP contribution in [0.1, 0.15) is 30.6 Å². The number of hydrogen-bond acceptors (Lipinski definition) is 6. The molecule has 0 bridgehead atoms. The molecule has 0 radical (unpaired) electrons. The fraction of sp³-hybridized carbons (Fsp3) is 0.462. The van der Waals surface area contributed by atoms with Crippen LogP contribution in [0.5, 0.6) is 0 Å². The van der Waals surface area contributed by atoms with Crippen LogP contribution in [0.4, 0.5) is 0 Å². The predicted molar refractivity (Wildman–Crippen MR) is 86.3 cm³/mol. The molecule has 0 N–H and O–H groups in total. The summed E-state index contributed by atoms with van der Waals surface area (Å²) in [6.07, 6.45) is 4.22. The zero-order valence-corrected chi connectivity index (χ0v) is 14.6. The van der Waals surface area contributed by atoms with E-state index in [9.17, 15) is 4.79 Å². The maximum Gasteiger partial charge on any atom is 0.316 e. The van der Waals surface area contributed by atoms with E-state index in [0.717, 1.165) is 9.47 Å². The van der Waals surface area contributed by atoms with E-state index in [-0.39, 0.29) is 11.7 Å². The number of nitrogens with zero attached hydrogens (tertiary/aromatic N) is 3. The van der Waals surface area contributed by atoms with Gasteiger partial charge in [0.15, 0.2) is 5.16 Å². The summed E-state index contributed by atoms with van der Waals surface area (Å²) in [4.78, 5) is 12.8. The fourth-order valence-electron chi connectivity index (χ4n) is 1.91. The van der Waals surface area contributed by atoms with Crippen LogP contribution in [0.3, 0.4) is 0 Å². The van der Waals surface area contributed by atoms with Gasteiger partial charge < -0.3 is 4.74 Å². The molecule has 0 saturated heterocycles. The van der Waals surface area contributed by atoms with E-state index >= 15 is 0 Å². The van der Waals surface area contributed by atoms with Crippen molar-refractivity contribution < 1.29 is 9.53 Å². The van der Waals surface area contributed by atoms with E-state index in [0.29, 0.717) is 17.7 Å². The molecule has 112 valence electrons. The molecule has 0 aromatic carbocycles. The maximum atomic E-state index is 11.4. The van der Waals surface area contributed by atoms with Gasteiger partial charge in [-0.2, -0.15) is 0 Å². The molecule has 0 amide bonds. The first-order valence-electron chi connectivity index (χ1n) is 6.67. The molecular formula is C13H14BrN3O2S2. The zero-order valence-electron chi connectivity index (χ0n) is 11.4. The number of esters is 1. The minimum atomic E-state index is -0.233. The summed E-state index contributed by atoms with van der Waals surface area (Å²) >= 11 is 6.72. The first kappa shape index (κ1) is 15.1. The number of carbonyl (C=O) groups is 1.